The molecule has 1 unspecified atom stereocenters. The fourth-order valence-corrected chi connectivity index (χ4v) is 2.84. The highest BCUT2D eigenvalue weighted by Gasteiger charge is 2.16. The highest BCUT2D eigenvalue weighted by atomic mass is 15.1. The predicted molar refractivity (Wildman–Crippen MR) is 83.9 cm³/mol. The highest BCUT2D eigenvalue weighted by molar-refractivity contribution is 5.54. The average Bonchev–Trinajstić information content (AvgIpc) is 2.59. The van der Waals surface area contributed by atoms with Crippen molar-refractivity contribution in [3.63, 3.8) is 0 Å². The van der Waals surface area contributed by atoms with Crippen LogP contribution in [0.5, 0.6) is 0 Å². The predicted octanol–water partition coefficient (Wildman–Crippen LogP) is 3.46. The summed E-state index contributed by atoms with van der Waals surface area (Å²) in [4.78, 5) is 2.59. The number of benzene rings is 1. The number of rotatable bonds is 5. The molecule has 19 heavy (non-hydrogen) atoms. The summed E-state index contributed by atoms with van der Waals surface area (Å²) in [6.45, 7) is 10.3. The van der Waals surface area contributed by atoms with Crippen LogP contribution in [0.1, 0.15) is 39.2 Å². The molecule has 2 nitrogen and oxygen atoms in total. The number of hydrogen-bond acceptors (Lipinski definition) is 2. The molecular weight excluding hydrogens is 232 g/mol. The van der Waals surface area contributed by atoms with Gasteiger partial charge < -0.3 is 10.2 Å². The second-order valence-electron chi connectivity index (χ2n) is 6.20. The molecule has 0 aliphatic carbocycles. The molecule has 0 saturated heterocycles. The minimum Gasteiger partial charge on any atom is -0.371 e. The van der Waals surface area contributed by atoms with Gasteiger partial charge in [0.15, 0.2) is 0 Å². The van der Waals surface area contributed by atoms with Crippen LogP contribution in [-0.2, 0) is 6.42 Å². The molecule has 1 N–H and O–H groups in total. The van der Waals surface area contributed by atoms with Gasteiger partial charge in [-0.1, -0.05) is 39.0 Å². The van der Waals surface area contributed by atoms with Gasteiger partial charge in [0.05, 0.1) is 0 Å². The van der Waals surface area contributed by atoms with Crippen LogP contribution in [0.25, 0.3) is 0 Å². The maximum atomic E-state index is 3.55. The van der Waals surface area contributed by atoms with Gasteiger partial charge in [-0.25, -0.2) is 0 Å². The fraction of sp³-hybridized carbons (Fsp3) is 0.647. The molecule has 0 spiro atoms. The van der Waals surface area contributed by atoms with E-state index in [1.54, 1.807) is 0 Å². The van der Waals surface area contributed by atoms with Crippen molar-refractivity contribution in [2.75, 3.05) is 24.5 Å². The first kappa shape index (κ1) is 14.4. The maximum Gasteiger partial charge on any atom is 0.0398 e. The number of aryl methyl sites for hydroxylation is 1. The SMILES string of the molecule is CC(CNC(C)C)CN1CCCCc2ccccc21. The molecule has 0 bridgehead atoms. The lowest BCUT2D eigenvalue weighted by Crippen LogP contribution is -2.36. The number of fused-ring (bicyclic) bond motifs is 1. The first-order chi connectivity index (χ1) is 9.16. The molecule has 1 aliphatic heterocycles. The molecule has 2 heteroatoms. The molecule has 1 aliphatic rings. The minimum atomic E-state index is 0.582. The second-order valence-corrected chi connectivity index (χ2v) is 6.20. The summed E-state index contributed by atoms with van der Waals surface area (Å²) in [5, 5.41) is 3.55. The lowest BCUT2D eigenvalue weighted by molar-refractivity contribution is 0.471. The van der Waals surface area contributed by atoms with Crippen LogP contribution in [0.15, 0.2) is 24.3 Å². The molecule has 0 radical (unpaired) electrons. The quantitative estimate of drug-likeness (QED) is 0.872. The van der Waals surface area contributed by atoms with E-state index < -0.39 is 0 Å². The first-order valence-corrected chi connectivity index (χ1v) is 7.73. The van der Waals surface area contributed by atoms with E-state index in [0.717, 1.165) is 13.1 Å². The molecule has 106 valence electrons. The van der Waals surface area contributed by atoms with Crippen molar-refractivity contribution in [1.29, 1.82) is 0 Å². The largest absolute Gasteiger partial charge is 0.371 e. The van der Waals surface area contributed by atoms with Crippen LogP contribution in [0.4, 0.5) is 5.69 Å². The monoisotopic (exact) mass is 260 g/mol. The van der Waals surface area contributed by atoms with E-state index >= 15 is 0 Å². The van der Waals surface area contributed by atoms with E-state index in [9.17, 15) is 0 Å². The second kappa shape index (κ2) is 6.95. The van der Waals surface area contributed by atoms with Crippen molar-refractivity contribution in [1.82, 2.24) is 5.32 Å². The van der Waals surface area contributed by atoms with Gasteiger partial charge in [0, 0.05) is 24.8 Å². The maximum absolute atomic E-state index is 3.55. The van der Waals surface area contributed by atoms with Gasteiger partial charge in [0.2, 0.25) is 0 Å². The third kappa shape index (κ3) is 4.24. The molecule has 0 aromatic heterocycles. The highest BCUT2D eigenvalue weighted by Crippen LogP contribution is 2.26. The normalized spacial score (nSPS) is 17.2. The summed E-state index contributed by atoms with van der Waals surface area (Å²) in [7, 11) is 0. The van der Waals surface area contributed by atoms with Crippen molar-refractivity contribution in [3.05, 3.63) is 29.8 Å². The topological polar surface area (TPSA) is 15.3 Å². The number of nitrogens with zero attached hydrogens (tertiary/aromatic N) is 1. The van der Waals surface area contributed by atoms with Crippen molar-refractivity contribution < 1.29 is 0 Å². The molecule has 1 atom stereocenters. The Morgan fingerprint density at radius 2 is 1.95 bits per heavy atom. The van der Waals surface area contributed by atoms with E-state index in [-0.39, 0.29) is 0 Å². The Kier molecular flexibility index (Phi) is 5.26. The Balaban J connectivity index is 1.99. The van der Waals surface area contributed by atoms with Gasteiger partial charge in [-0.3, -0.25) is 0 Å². The van der Waals surface area contributed by atoms with E-state index in [1.807, 2.05) is 0 Å². The van der Waals surface area contributed by atoms with E-state index in [4.69, 9.17) is 0 Å². The third-order valence-corrected chi connectivity index (χ3v) is 3.86. The molecule has 1 aromatic carbocycles. The molecular formula is C17H28N2. The molecule has 1 heterocycles. The van der Waals surface area contributed by atoms with Crippen molar-refractivity contribution in [2.24, 2.45) is 5.92 Å². The number of hydrogen-bond donors (Lipinski definition) is 1. The van der Waals surface area contributed by atoms with Gasteiger partial charge in [0.25, 0.3) is 0 Å². The summed E-state index contributed by atoms with van der Waals surface area (Å²) < 4.78 is 0. The van der Waals surface area contributed by atoms with E-state index in [1.165, 1.54) is 37.1 Å². The van der Waals surface area contributed by atoms with Crippen LogP contribution in [-0.4, -0.2) is 25.7 Å². The summed E-state index contributed by atoms with van der Waals surface area (Å²) in [5.74, 6) is 0.688. The Morgan fingerprint density at radius 3 is 2.74 bits per heavy atom. The third-order valence-electron chi connectivity index (χ3n) is 3.86. The van der Waals surface area contributed by atoms with Gasteiger partial charge >= 0.3 is 0 Å². The van der Waals surface area contributed by atoms with Crippen molar-refractivity contribution in [2.45, 2.75) is 46.1 Å². The van der Waals surface area contributed by atoms with Crippen LogP contribution >= 0.6 is 0 Å². The Labute approximate surface area is 118 Å². The molecule has 0 amide bonds. The van der Waals surface area contributed by atoms with E-state index in [2.05, 4.69) is 55.3 Å². The Bertz CT molecular complexity index is 387. The lowest BCUT2D eigenvalue weighted by Gasteiger charge is -2.28. The van der Waals surface area contributed by atoms with Gasteiger partial charge in [-0.2, -0.15) is 0 Å². The zero-order valence-corrected chi connectivity index (χ0v) is 12.7. The molecule has 0 fully saturated rings. The zero-order chi connectivity index (χ0) is 13.7. The fourth-order valence-electron chi connectivity index (χ4n) is 2.84. The summed E-state index contributed by atoms with van der Waals surface area (Å²) in [5.41, 5.74) is 3.00. The minimum absolute atomic E-state index is 0.582. The Hall–Kier alpha value is -1.02. The van der Waals surface area contributed by atoms with Crippen LogP contribution < -0.4 is 10.2 Å². The number of para-hydroxylation sites is 1. The van der Waals surface area contributed by atoms with Crippen LogP contribution in [0.2, 0.25) is 0 Å². The molecule has 2 rings (SSSR count). The molecule has 0 saturated carbocycles. The van der Waals surface area contributed by atoms with Gasteiger partial charge in [-0.15, -0.1) is 0 Å². The van der Waals surface area contributed by atoms with Crippen molar-refractivity contribution in [3.8, 4) is 0 Å². The van der Waals surface area contributed by atoms with Gasteiger partial charge in [0.1, 0.15) is 0 Å². The lowest BCUT2D eigenvalue weighted by atomic mass is 10.1. The van der Waals surface area contributed by atoms with E-state index in [0.29, 0.717) is 12.0 Å². The smallest absolute Gasteiger partial charge is 0.0398 e. The number of nitrogens with one attached hydrogen (secondary N) is 1. The zero-order valence-electron chi connectivity index (χ0n) is 12.7. The summed E-state index contributed by atoms with van der Waals surface area (Å²) in [6, 6.07) is 9.52. The summed E-state index contributed by atoms with van der Waals surface area (Å²) >= 11 is 0. The van der Waals surface area contributed by atoms with Crippen molar-refractivity contribution >= 4 is 5.69 Å². The Morgan fingerprint density at radius 1 is 1.16 bits per heavy atom. The van der Waals surface area contributed by atoms with Crippen LogP contribution in [0.3, 0.4) is 0 Å². The van der Waals surface area contributed by atoms with Gasteiger partial charge in [-0.05, 0) is 43.4 Å². The molecule has 1 aromatic rings. The number of anilines is 1. The first-order valence-electron chi connectivity index (χ1n) is 7.73. The average molecular weight is 260 g/mol. The van der Waals surface area contributed by atoms with Crippen LogP contribution in [0, 0.1) is 5.92 Å². The summed E-state index contributed by atoms with van der Waals surface area (Å²) in [6.07, 6.45) is 3.89. The standard InChI is InChI=1S/C17H28N2/c1-14(2)18-12-15(3)13-19-11-7-6-9-16-8-4-5-10-17(16)19/h4-5,8,10,14-15,18H,6-7,9,11-13H2,1-3H3.